The molecular formula is C12H20N4O4. The first-order chi connectivity index (χ1) is 9.50. The molecule has 1 unspecified atom stereocenters. The SMILES string of the molecule is Cc1nn(C(C)C)c(NCC2COCCO2)c1[N+](=O)[O-]. The molecule has 1 fully saturated rings. The molecule has 0 spiro atoms. The van der Waals surface area contributed by atoms with E-state index >= 15 is 0 Å². The highest BCUT2D eigenvalue weighted by Gasteiger charge is 2.27. The first-order valence-electron chi connectivity index (χ1n) is 6.67. The molecule has 1 aromatic heterocycles. The number of aromatic nitrogens is 2. The van der Waals surface area contributed by atoms with E-state index in [0.717, 1.165) is 0 Å². The molecule has 20 heavy (non-hydrogen) atoms. The number of anilines is 1. The van der Waals surface area contributed by atoms with E-state index in [1.807, 2.05) is 13.8 Å². The number of nitrogens with one attached hydrogen (secondary N) is 1. The zero-order chi connectivity index (χ0) is 14.7. The summed E-state index contributed by atoms with van der Waals surface area (Å²) in [7, 11) is 0. The van der Waals surface area contributed by atoms with Crippen molar-refractivity contribution in [3.63, 3.8) is 0 Å². The topological polar surface area (TPSA) is 91.5 Å². The molecule has 112 valence electrons. The van der Waals surface area contributed by atoms with Gasteiger partial charge in [0.05, 0.1) is 30.8 Å². The van der Waals surface area contributed by atoms with Crippen LogP contribution in [0.1, 0.15) is 25.6 Å². The summed E-state index contributed by atoms with van der Waals surface area (Å²) in [4.78, 5) is 10.8. The van der Waals surface area contributed by atoms with E-state index in [1.54, 1.807) is 11.6 Å². The molecule has 1 atom stereocenters. The van der Waals surface area contributed by atoms with Gasteiger partial charge >= 0.3 is 5.69 Å². The standard InChI is InChI=1S/C12H20N4O4/c1-8(2)15-12(11(16(17)18)9(3)14-15)13-6-10-7-19-4-5-20-10/h8,10,13H,4-7H2,1-3H3. The van der Waals surface area contributed by atoms with Crippen LogP contribution in [-0.4, -0.2) is 47.2 Å². The number of aryl methyl sites for hydroxylation is 1. The number of hydrogen-bond acceptors (Lipinski definition) is 6. The maximum absolute atomic E-state index is 11.2. The Morgan fingerprint density at radius 1 is 1.55 bits per heavy atom. The molecule has 8 heteroatoms. The summed E-state index contributed by atoms with van der Waals surface area (Å²) in [6.07, 6.45) is -0.0980. The Balaban J connectivity index is 2.17. The second-order valence-corrected chi connectivity index (χ2v) is 5.03. The van der Waals surface area contributed by atoms with Gasteiger partial charge in [-0.05, 0) is 20.8 Å². The van der Waals surface area contributed by atoms with Gasteiger partial charge in [0, 0.05) is 12.6 Å². The van der Waals surface area contributed by atoms with Crippen LogP contribution < -0.4 is 5.32 Å². The van der Waals surface area contributed by atoms with E-state index in [4.69, 9.17) is 9.47 Å². The summed E-state index contributed by atoms with van der Waals surface area (Å²) in [5.74, 6) is 0.427. The monoisotopic (exact) mass is 284 g/mol. The molecule has 0 bridgehead atoms. The maximum atomic E-state index is 11.2. The predicted octanol–water partition coefficient (Wildman–Crippen LogP) is 1.51. The Labute approximate surface area is 117 Å². The first kappa shape index (κ1) is 14.7. The van der Waals surface area contributed by atoms with Crippen LogP contribution in [0.5, 0.6) is 0 Å². The summed E-state index contributed by atoms with van der Waals surface area (Å²) >= 11 is 0. The van der Waals surface area contributed by atoms with Crippen molar-refractivity contribution in [2.75, 3.05) is 31.7 Å². The van der Waals surface area contributed by atoms with Gasteiger partial charge in [-0.1, -0.05) is 0 Å². The van der Waals surface area contributed by atoms with Crippen LogP contribution in [-0.2, 0) is 9.47 Å². The minimum Gasteiger partial charge on any atom is -0.376 e. The summed E-state index contributed by atoms with van der Waals surface area (Å²) in [6, 6.07) is 0.0356. The minimum atomic E-state index is -0.401. The fraction of sp³-hybridized carbons (Fsp3) is 0.750. The number of hydrogen-bond donors (Lipinski definition) is 1. The summed E-state index contributed by atoms with van der Waals surface area (Å²) in [6.45, 7) is 7.61. The van der Waals surface area contributed by atoms with Gasteiger partial charge in [0.15, 0.2) is 0 Å². The second-order valence-electron chi connectivity index (χ2n) is 5.03. The number of rotatable bonds is 5. The van der Waals surface area contributed by atoms with E-state index in [2.05, 4.69) is 10.4 Å². The maximum Gasteiger partial charge on any atom is 0.333 e. The van der Waals surface area contributed by atoms with Crippen molar-refractivity contribution in [3.8, 4) is 0 Å². The Kier molecular flexibility index (Phi) is 4.56. The molecule has 0 saturated carbocycles. The van der Waals surface area contributed by atoms with Crippen molar-refractivity contribution in [2.24, 2.45) is 0 Å². The zero-order valence-corrected chi connectivity index (χ0v) is 12.0. The average Bonchev–Trinajstić information content (AvgIpc) is 2.74. The summed E-state index contributed by atoms with van der Waals surface area (Å²) < 4.78 is 12.5. The molecule has 2 heterocycles. The second kappa shape index (κ2) is 6.19. The van der Waals surface area contributed by atoms with Crippen molar-refractivity contribution in [1.82, 2.24) is 9.78 Å². The number of ether oxygens (including phenoxy) is 2. The van der Waals surface area contributed by atoms with Gasteiger partial charge in [0.25, 0.3) is 0 Å². The molecule has 2 rings (SSSR count). The molecule has 1 saturated heterocycles. The molecule has 0 aliphatic carbocycles. The van der Waals surface area contributed by atoms with E-state index in [1.165, 1.54) is 0 Å². The quantitative estimate of drug-likeness (QED) is 0.651. The van der Waals surface area contributed by atoms with E-state index in [9.17, 15) is 10.1 Å². The van der Waals surface area contributed by atoms with Crippen LogP contribution in [0.25, 0.3) is 0 Å². The normalized spacial score (nSPS) is 19.3. The minimum absolute atomic E-state index is 0.0235. The lowest BCUT2D eigenvalue weighted by Gasteiger charge is -2.23. The molecule has 0 amide bonds. The molecule has 0 radical (unpaired) electrons. The van der Waals surface area contributed by atoms with Gasteiger partial charge < -0.3 is 14.8 Å². The van der Waals surface area contributed by atoms with Crippen molar-refractivity contribution in [2.45, 2.75) is 32.9 Å². The highest BCUT2D eigenvalue weighted by atomic mass is 16.6. The average molecular weight is 284 g/mol. The molecule has 1 aromatic rings. The van der Waals surface area contributed by atoms with E-state index < -0.39 is 4.92 Å². The third-order valence-electron chi connectivity index (χ3n) is 3.11. The summed E-state index contributed by atoms with van der Waals surface area (Å²) in [5, 5.41) is 18.5. The lowest BCUT2D eigenvalue weighted by molar-refractivity contribution is -0.384. The number of nitro groups is 1. The van der Waals surface area contributed by atoms with E-state index in [0.29, 0.717) is 37.9 Å². The van der Waals surface area contributed by atoms with Crippen molar-refractivity contribution in [3.05, 3.63) is 15.8 Å². The van der Waals surface area contributed by atoms with Gasteiger partial charge in [-0.15, -0.1) is 0 Å². The lowest BCUT2D eigenvalue weighted by atomic mass is 10.3. The fourth-order valence-electron chi connectivity index (χ4n) is 2.16. The third kappa shape index (κ3) is 3.07. The van der Waals surface area contributed by atoms with Gasteiger partial charge in [-0.3, -0.25) is 10.1 Å². The van der Waals surface area contributed by atoms with Crippen LogP contribution in [0.3, 0.4) is 0 Å². The van der Waals surface area contributed by atoms with Crippen molar-refractivity contribution < 1.29 is 14.4 Å². The zero-order valence-electron chi connectivity index (χ0n) is 12.0. The Hall–Kier alpha value is -1.67. The molecule has 1 aliphatic heterocycles. The van der Waals surface area contributed by atoms with Gasteiger partial charge in [-0.25, -0.2) is 4.68 Å². The van der Waals surface area contributed by atoms with Crippen molar-refractivity contribution >= 4 is 11.5 Å². The van der Waals surface area contributed by atoms with Gasteiger partial charge in [0.2, 0.25) is 5.82 Å². The molecule has 8 nitrogen and oxygen atoms in total. The van der Waals surface area contributed by atoms with Gasteiger partial charge in [-0.2, -0.15) is 5.10 Å². The molecule has 1 N–H and O–H groups in total. The molecule has 0 aromatic carbocycles. The Morgan fingerprint density at radius 2 is 2.30 bits per heavy atom. The lowest BCUT2D eigenvalue weighted by Crippen LogP contribution is -2.34. The molecular weight excluding hydrogens is 264 g/mol. The summed E-state index contributed by atoms with van der Waals surface area (Å²) in [5.41, 5.74) is 0.433. The third-order valence-corrected chi connectivity index (χ3v) is 3.11. The Morgan fingerprint density at radius 3 is 2.85 bits per heavy atom. The van der Waals surface area contributed by atoms with Crippen molar-refractivity contribution in [1.29, 1.82) is 0 Å². The predicted molar refractivity (Wildman–Crippen MR) is 73.1 cm³/mol. The first-order valence-corrected chi connectivity index (χ1v) is 6.67. The van der Waals surface area contributed by atoms with Crippen LogP contribution in [0, 0.1) is 17.0 Å². The van der Waals surface area contributed by atoms with E-state index in [-0.39, 0.29) is 17.8 Å². The number of nitrogens with zero attached hydrogens (tertiary/aromatic N) is 3. The van der Waals surface area contributed by atoms with Crippen LogP contribution in [0.2, 0.25) is 0 Å². The fourth-order valence-corrected chi connectivity index (χ4v) is 2.16. The highest BCUT2D eigenvalue weighted by molar-refractivity contribution is 5.59. The van der Waals surface area contributed by atoms with Crippen LogP contribution in [0.15, 0.2) is 0 Å². The molecule has 1 aliphatic rings. The van der Waals surface area contributed by atoms with Crippen LogP contribution >= 0.6 is 0 Å². The largest absolute Gasteiger partial charge is 0.376 e. The highest BCUT2D eigenvalue weighted by Crippen LogP contribution is 2.30. The van der Waals surface area contributed by atoms with Gasteiger partial charge in [0.1, 0.15) is 5.69 Å². The smallest absolute Gasteiger partial charge is 0.333 e. The Bertz CT molecular complexity index is 480. The van der Waals surface area contributed by atoms with Crippen LogP contribution in [0.4, 0.5) is 11.5 Å².